The molecule has 1 aromatic carbocycles. The highest BCUT2D eigenvalue weighted by Gasteiger charge is 2.35. The summed E-state index contributed by atoms with van der Waals surface area (Å²) in [5.74, 6) is 0.779. The molecule has 2 aliphatic rings. The van der Waals surface area contributed by atoms with Gasteiger partial charge in [-0.1, -0.05) is 43.8 Å². The van der Waals surface area contributed by atoms with Crippen molar-refractivity contribution in [2.75, 3.05) is 5.75 Å². The summed E-state index contributed by atoms with van der Waals surface area (Å²) in [6, 6.07) is 7.82. The summed E-state index contributed by atoms with van der Waals surface area (Å²) in [4.78, 5) is 32.9. The number of amides is 1. The molecule has 0 unspecified atom stereocenters. The second-order valence-corrected chi connectivity index (χ2v) is 9.39. The first-order chi connectivity index (χ1) is 14.0. The van der Waals surface area contributed by atoms with Gasteiger partial charge in [-0.25, -0.2) is 4.98 Å². The third-order valence-corrected chi connectivity index (χ3v) is 6.42. The molecule has 0 saturated heterocycles. The molecule has 154 valence electrons. The van der Waals surface area contributed by atoms with E-state index < -0.39 is 0 Å². The van der Waals surface area contributed by atoms with Gasteiger partial charge in [0.2, 0.25) is 5.91 Å². The van der Waals surface area contributed by atoms with Crippen molar-refractivity contribution in [3.63, 3.8) is 0 Å². The van der Waals surface area contributed by atoms with Crippen LogP contribution in [0.5, 0.6) is 0 Å². The van der Waals surface area contributed by atoms with Crippen LogP contribution in [-0.2, 0) is 11.3 Å². The van der Waals surface area contributed by atoms with E-state index in [4.69, 9.17) is 4.98 Å². The van der Waals surface area contributed by atoms with E-state index in [9.17, 15) is 9.59 Å². The number of hydrogen-bond donors (Lipinski definition) is 0. The highest BCUT2D eigenvalue weighted by atomic mass is 32.2. The molecule has 2 aliphatic carbocycles. The van der Waals surface area contributed by atoms with E-state index >= 15 is 0 Å². The Hall–Kier alpha value is -2.08. The molecule has 1 saturated carbocycles. The Bertz CT molecular complexity index is 991. The van der Waals surface area contributed by atoms with Gasteiger partial charge in [-0.05, 0) is 56.6 Å². The van der Waals surface area contributed by atoms with E-state index in [1.54, 1.807) is 4.57 Å². The number of fused-ring (bicyclic) bond motifs is 1. The third-order valence-electron chi connectivity index (χ3n) is 5.46. The minimum atomic E-state index is -0.0201. The van der Waals surface area contributed by atoms with Gasteiger partial charge in [0.1, 0.15) is 0 Å². The zero-order valence-corrected chi connectivity index (χ0v) is 18.1. The second-order valence-electron chi connectivity index (χ2n) is 8.45. The number of para-hydroxylation sites is 1. The largest absolute Gasteiger partial charge is 0.313 e. The Kier molecular flexibility index (Phi) is 6.09. The van der Waals surface area contributed by atoms with Gasteiger partial charge >= 0.3 is 0 Å². The predicted octanol–water partition coefficient (Wildman–Crippen LogP) is 4.59. The molecule has 1 amide bonds. The van der Waals surface area contributed by atoms with Crippen molar-refractivity contribution >= 4 is 28.6 Å². The number of rotatable bonds is 7. The zero-order chi connectivity index (χ0) is 20.4. The lowest BCUT2D eigenvalue weighted by atomic mass is 10.0. The number of carbonyl (C=O) groups excluding carboxylic acids is 1. The molecule has 2 aromatic rings. The van der Waals surface area contributed by atoms with Crippen LogP contribution in [0.4, 0.5) is 0 Å². The summed E-state index contributed by atoms with van der Waals surface area (Å²) in [7, 11) is 0. The Morgan fingerprint density at radius 1 is 1.28 bits per heavy atom. The van der Waals surface area contributed by atoms with Crippen LogP contribution in [-0.4, -0.2) is 32.2 Å². The molecule has 1 heterocycles. The van der Waals surface area contributed by atoms with Crippen LogP contribution in [0, 0.1) is 5.92 Å². The highest BCUT2D eigenvalue weighted by molar-refractivity contribution is 7.99. The molecule has 5 nitrogen and oxygen atoms in total. The van der Waals surface area contributed by atoms with E-state index in [1.807, 2.05) is 29.2 Å². The summed E-state index contributed by atoms with van der Waals surface area (Å²) in [5.41, 5.74) is 1.88. The second kappa shape index (κ2) is 8.74. The van der Waals surface area contributed by atoms with E-state index in [0.29, 0.717) is 40.3 Å². The van der Waals surface area contributed by atoms with Crippen molar-refractivity contribution in [3.8, 4) is 0 Å². The highest BCUT2D eigenvalue weighted by Crippen LogP contribution is 2.34. The molecule has 0 radical (unpaired) electrons. The lowest BCUT2D eigenvalue weighted by Crippen LogP contribution is -2.34. The molecule has 29 heavy (non-hydrogen) atoms. The number of benzene rings is 1. The summed E-state index contributed by atoms with van der Waals surface area (Å²) in [6.07, 6.45) is 8.88. The molecule has 0 aliphatic heterocycles. The average Bonchev–Trinajstić information content (AvgIpc) is 3.54. The zero-order valence-electron chi connectivity index (χ0n) is 17.3. The van der Waals surface area contributed by atoms with E-state index in [-0.39, 0.29) is 11.5 Å². The Morgan fingerprint density at radius 2 is 2.07 bits per heavy atom. The minimum absolute atomic E-state index is 0.0201. The molecule has 0 N–H and O–H groups in total. The van der Waals surface area contributed by atoms with Crippen LogP contribution in [0.15, 0.2) is 46.0 Å². The summed E-state index contributed by atoms with van der Waals surface area (Å²) >= 11 is 1.40. The van der Waals surface area contributed by atoms with Gasteiger partial charge in [0.15, 0.2) is 5.16 Å². The normalized spacial score (nSPS) is 16.9. The minimum Gasteiger partial charge on any atom is -0.313 e. The van der Waals surface area contributed by atoms with Gasteiger partial charge in [0.25, 0.3) is 5.56 Å². The maximum absolute atomic E-state index is 13.1. The lowest BCUT2D eigenvalue weighted by Gasteiger charge is -2.27. The molecule has 6 heteroatoms. The molecule has 0 spiro atoms. The van der Waals surface area contributed by atoms with Crippen LogP contribution in [0.3, 0.4) is 0 Å². The number of thioether (sulfide) groups is 1. The third kappa shape index (κ3) is 4.58. The van der Waals surface area contributed by atoms with Crippen LogP contribution >= 0.6 is 11.8 Å². The Labute approximate surface area is 176 Å². The SMILES string of the molecule is CC(C)Cn1c(SCC(=O)N(C2=CCCCC2)C2CC2)nc2ccccc2c1=O. The van der Waals surface area contributed by atoms with Gasteiger partial charge in [-0.3, -0.25) is 14.2 Å². The van der Waals surface area contributed by atoms with E-state index in [0.717, 1.165) is 32.1 Å². The molecular formula is C23H29N3O2S. The standard InChI is InChI=1S/C23H29N3O2S/c1-16(2)14-25-22(28)19-10-6-7-11-20(19)24-23(25)29-15-21(27)26(18-12-13-18)17-8-4-3-5-9-17/h6-8,10-11,16,18H,3-5,9,12-15H2,1-2H3. The average molecular weight is 412 g/mol. The van der Waals surface area contributed by atoms with Crippen LogP contribution in [0.1, 0.15) is 52.4 Å². The smallest absolute Gasteiger partial charge is 0.262 e. The Balaban J connectivity index is 1.59. The topological polar surface area (TPSA) is 55.2 Å². The summed E-state index contributed by atoms with van der Waals surface area (Å²) < 4.78 is 1.74. The summed E-state index contributed by atoms with van der Waals surface area (Å²) in [6.45, 7) is 4.78. The van der Waals surface area contributed by atoms with Gasteiger partial charge < -0.3 is 4.90 Å². The van der Waals surface area contributed by atoms with Crippen LogP contribution < -0.4 is 5.56 Å². The fourth-order valence-corrected chi connectivity index (χ4v) is 4.82. The van der Waals surface area contributed by atoms with Crippen LogP contribution in [0.2, 0.25) is 0 Å². The first-order valence-corrected chi connectivity index (χ1v) is 11.7. The fourth-order valence-electron chi connectivity index (χ4n) is 3.95. The number of nitrogens with zero attached hydrogens (tertiary/aromatic N) is 3. The maximum atomic E-state index is 13.1. The first-order valence-electron chi connectivity index (χ1n) is 10.7. The molecule has 1 fully saturated rings. The van der Waals surface area contributed by atoms with Crippen molar-refractivity contribution in [1.82, 2.24) is 14.5 Å². The fraction of sp³-hybridized carbons (Fsp3) is 0.522. The van der Waals surface area contributed by atoms with Gasteiger partial charge in [-0.15, -0.1) is 0 Å². The number of carbonyl (C=O) groups is 1. The molecular weight excluding hydrogens is 382 g/mol. The number of aromatic nitrogens is 2. The summed E-state index contributed by atoms with van der Waals surface area (Å²) in [5, 5.41) is 1.28. The van der Waals surface area contributed by atoms with Crippen molar-refractivity contribution in [2.45, 2.75) is 70.1 Å². The maximum Gasteiger partial charge on any atom is 0.262 e. The predicted molar refractivity (Wildman–Crippen MR) is 118 cm³/mol. The number of allylic oxidation sites excluding steroid dienone is 2. The van der Waals surface area contributed by atoms with Gasteiger partial charge in [-0.2, -0.15) is 0 Å². The van der Waals surface area contributed by atoms with E-state index in [1.165, 1.54) is 23.9 Å². The van der Waals surface area contributed by atoms with Crippen LogP contribution in [0.25, 0.3) is 10.9 Å². The van der Waals surface area contributed by atoms with Crippen molar-refractivity contribution in [1.29, 1.82) is 0 Å². The quantitative estimate of drug-likeness (QED) is 0.494. The monoisotopic (exact) mass is 411 g/mol. The molecule has 1 aromatic heterocycles. The van der Waals surface area contributed by atoms with E-state index in [2.05, 4.69) is 19.9 Å². The lowest BCUT2D eigenvalue weighted by molar-refractivity contribution is -0.127. The molecule has 0 bridgehead atoms. The molecule has 4 rings (SSSR count). The molecule has 0 atom stereocenters. The Morgan fingerprint density at radius 3 is 2.76 bits per heavy atom. The van der Waals surface area contributed by atoms with Crippen molar-refractivity contribution < 1.29 is 4.79 Å². The van der Waals surface area contributed by atoms with Crippen molar-refractivity contribution in [3.05, 3.63) is 46.4 Å². The van der Waals surface area contributed by atoms with Gasteiger partial charge in [0.05, 0.1) is 16.7 Å². The van der Waals surface area contributed by atoms with Gasteiger partial charge in [0, 0.05) is 18.3 Å². The first kappa shape index (κ1) is 20.2. The van der Waals surface area contributed by atoms with Crippen molar-refractivity contribution in [2.24, 2.45) is 5.92 Å². The number of hydrogen-bond acceptors (Lipinski definition) is 4.